The van der Waals surface area contributed by atoms with Crippen molar-refractivity contribution in [1.29, 1.82) is 0 Å². The van der Waals surface area contributed by atoms with Crippen LogP contribution >= 0.6 is 0 Å². The van der Waals surface area contributed by atoms with Gasteiger partial charge in [0.1, 0.15) is 22.0 Å². The number of hydrogen-bond donors (Lipinski definition) is 1. The molecule has 1 aromatic rings. The van der Waals surface area contributed by atoms with E-state index in [-0.39, 0.29) is 52.3 Å². The number of hydrogen-bond acceptors (Lipinski definition) is 5. The molecule has 1 atom stereocenters. The zero-order valence-corrected chi connectivity index (χ0v) is 16.2. The lowest BCUT2D eigenvalue weighted by Gasteiger charge is -2.34. The molecule has 3 rings (SSSR count). The Hall–Kier alpha value is -1.87. The Labute approximate surface area is 152 Å². The van der Waals surface area contributed by atoms with Crippen molar-refractivity contribution in [3.05, 3.63) is 17.1 Å². The first-order valence-corrected chi connectivity index (χ1v) is 10.0. The maximum absolute atomic E-state index is 13.0. The number of amides is 1. The number of nitrogens with zero attached hydrogens (tertiary/aromatic N) is 2. The van der Waals surface area contributed by atoms with Gasteiger partial charge in [-0.2, -0.15) is 4.31 Å². The first-order chi connectivity index (χ1) is 12.0. The predicted octanol–water partition coefficient (Wildman–Crippen LogP) is 1.47. The van der Waals surface area contributed by atoms with Crippen LogP contribution in [0.3, 0.4) is 0 Å². The van der Waals surface area contributed by atoms with Crippen LogP contribution in [0, 0.1) is 25.2 Å². The number of rotatable bonds is 4. The number of furan rings is 1. The number of aromatic carboxylic acids is 1. The van der Waals surface area contributed by atoms with E-state index < -0.39 is 16.0 Å². The van der Waals surface area contributed by atoms with Gasteiger partial charge < -0.3 is 14.4 Å². The summed E-state index contributed by atoms with van der Waals surface area (Å²) in [5, 5.41) is 9.36. The van der Waals surface area contributed by atoms with Crippen molar-refractivity contribution in [1.82, 2.24) is 9.21 Å². The normalized spacial score (nSPS) is 23.1. The monoisotopic (exact) mass is 384 g/mol. The Morgan fingerprint density at radius 3 is 2.12 bits per heavy atom. The molecule has 26 heavy (non-hydrogen) atoms. The maximum atomic E-state index is 13.0. The number of piperazine rings is 1. The van der Waals surface area contributed by atoms with E-state index in [1.165, 1.54) is 18.2 Å². The van der Waals surface area contributed by atoms with E-state index in [0.717, 1.165) is 6.42 Å². The summed E-state index contributed by atoms with van der Waals surface area (Å²) in [6.07, 6.45) is 0.861. The Morgan fingerprint density at radius 2 is 1.65 bits per heavy atom. The van der Waals surface area contributed by atoms with E-state index in [1.54, 1.807) is 4.90 Å². The van der Waals surface area contributed by atoms with Crippen LogP contribution in [0.25, 0.3) is 0 Å². The third-order valence-electron chi connectivity index (χ3n) is 5.38. The molecule has 0 spiro atoms. The van der Waals surface area contributed by atoms with Crippen molar-refractivity contribution < 1.29 is 27.5 Å². The summed E-state index contributed by atoms with van der Waals surface area (Å²) in [5.41, 5.74) is -0.289. The molecule has 2 heterocycles. The largest absolute Gasteiger partial charge is 0.478 e. The van der Waals surface area contributed by atoms with Crippen LogP contribution in [0.2, 0.25) is 0 Å². The van der Waals surface area contributed by atoms with Gasteiger partial charge in [0.15, 0.2) is 0 Å². The van der Waals surface area contributed by atoms with E-state index >= 15 is 0 Å². The summed E-state index contributed by atoms with van der Waals surface area (Å²) >= 11 is 0. The van der Waals surface area contributed by atoms with Crippen LogP contribution in [-0.2, 0) is 14.8 Å². The fourth-order valence-electron chi connectivity index (χ4n) is 3.61. The molecule has 144 valence electrons. The van der Waals surface area contributed by atoms with Crippen molar-refractivity contribution >= 4 is 21.9 Å². The van der Waals surface area contributed by atoms with E-state index in [4.69, 9.17) is 4.42 Å². The molecular weight excluding hydrogens is 360 g/mol. The van der Waals surface area contributed by atoms with E-state index in [9.17, 15) is 23.1 Å². The summed E-state index contributed by atoms with van der Waals surface area (Å²) in [5.74, 6) is -1.10. The van der Waals surface area contributed by atoms with Gasteiger partial charge in [0.25, 0.3) is 0 Å². The average Bonchev–Trinajstić information content (AvgIpc) is 3.06. The highest BCUT2D eigenvalue weighted by Gasteiger charge is 2.52. The molecule has 1 N–H and O–H groups in total. The first-order valence-electron chi connectivity index (χ1n) is 8.59. The SMILES string of the molecule is Cc1oc(C)c(S(=O)(=O)N2CCN(C(=O)C3CC3(C)C)CC2)c1C(=O)O. The quantitative estimate of drug-likeness (QED) is 0.842. The molecule has 1 amide bonds. The zero-order chi connectivity index (χ0) is 19.4. The minimum atomic E-state index is -4.00. The second kappa shape index (κ2) is 6.09. The topological polar surface area (TPSA) is 108 Å². The third kappa shape index (κ3) is 3.03. The lowest BCUT2D eigenvalue weighted by atomic mass is 10.1. The standard InChI is InChI=1S/C17H24N2O6S/c1-10-13(16(21)22)14(11(2)25-10)26(23,24)19-7-5-18(6-8-19)15(20)12-9-17(12,3)4/h12H,5-9H2,1-4H3,(H,21,22). The summed E-state index contributed by atoms with van der Waals surface area (Å²) in [4.78, 5) is 25.4. The highest BCUT2D eigenvalue weighted by Crippen LogP contribution is 2.52. The average molecular weight is 384 g/mol. The number of carbonyl (C=O) groups is 2. The van der Waals surface area contributed by atoms with Crippen molar-refractivity contribution in [2.75, 3.05) is 26.2 Å². The second-order valence-corrected chi connectivity index (χ2v) is 9.57. The lowest BCUT2D eigenvalue weighted by Crippen LogP contribution is -2.51. The molecule has 2 aliphatic rings. The molecule has 2 fully saturated rings. The van der Waals surface area contributed by atoms with Crippen LogP contribution in [0.4, 0.5) is 0 Å². The van der Waals surface area contributed by atoms with E-state index in [2.05, 4.69) is 0 Å². The molecule has 9 heteroatoms. The molecule has 1 aromatic heterocycles. The van der Waals surface area contributed by atoms with Crippen LogP contribution in [0.5, 0.6) is 0 Å². The number of carbonyl (C=O) groups excluding carboxylic acids is 1. The number of sulfonamides is 1. The van der Waals surface area contributed by atoms with Crippen molar-refractivity contribution in [3.8, 4) is 0 Å². The van der Waals surface area contributed by atoms with Crippen molar-refractivity contribution in [2.45, 2.75) is 39.0 Å². The zero-order valence-electron chi connectivity index (χ0n) is 15.4. The Balaban J connectivity index is 1.77. The molecule has 8 nitrogen and oxygen atoms in total. The second-order valence-electron chi connectivity index (χ2n) is 7.70. The summed E-state index contributed by atoms with van der Waals surface area (Å²) in [7, 11) is -4.00. The fraction of sp³-hybridized carbons (Fsp3) is 0.647. The number of carboxylic acid groups (broad SMARTS) is 1. The van der Waals surface area contributed by atoms with Gasteiger partial charge in [-0.3, -0.25) is 4.79 Å². The van der Waals surface area contributed by atoms with Crippen LogP contribution in [-0.4, -0.2) is 60.8 Å². The van der Waals surface area contributed by atoms with Gasteiger partial charge in [-0.1, -0.05) is 13.8 Å². The molecule has 0 bridgehead atoms. The summed E-state index contributed by atoms with van der Waals surface area (Å²) in [6.45, 7) is 7.88. The summed E-state index contributed by atoms with van der Waals surface area (Å²) in [6, 6.07) is 0. The highest BCUT2D eigenvalue weighted by molar-refractivity contribution is 7.89. The Morgan fingerprint density at radius 1 is 1.12 bits per heavy atom. The van der Waals surface area contributed by atoms with Gasteiger partial charge in [0.2, 0.25) is 15.9 Å². The Bertz CT molecular complexity index is 862. The van der Waals surface area contributed by atoms with E-state index in [1.807, 2.05) is 13.8 Å². The maximum Gasteiger partial charge on any atom is 0.340 e. The highest BCUT2D eigenvalue weighted by atomic mass is 32.2. The van der Waals surface area contributed by atoms with Gasteiger partial charge in [0, 0.05) is 32.1 Å². The number of carboxylic acids is 1. The molecule has 0 aromatic carbocycles. The summed E-state index contributed by atoms with van der Waals surface area (Å²) < 4.78 is 32.4. The number of aryl methyl sites for hydroxylation is 2. The Kier molecular flexibility index (Phi) is 4.43. The van der Waals surface area contributed by atoms with Crippen molar-refractivity contribution in [2.24, 2.45) is 11.3 Å². The molecule has 0 radical (unpaired) electrons. The minimum Gasteiger partial charge on any atom is -0.478 e. The van der Waals surface area contributed by atoms with E-state index in [0.29, 0.717) is 13.1 Å². The van der Waals surface area contributed by atoms with Gasteiger partial charge in [-0.25, -0.2) is 13.2 Å². The van der Waals surface area contributed by atoms with Gasteiger partial charge in [-0.05, 0) is 25.7 Å². The molecule has 1 saturated heterocycles. The molecule has 1 aliphatic carbocycles. The molecular formula is C17H24N2O6S. The van der Waals surface area contributed by atoms with Crippen molar-refractivity contribution in [3.63, 3.8) is 0 Å². The first kappa shape index (κ1) is 18.9. The van der Waals surface area contributed by atoms with Gasteiger partial charge in [-0.15, -0.1) is 0 Å². The lowest BCUT2D eigenvalue weighted by molar-refractivity contribution is -0.134. The smallest absolute Gasteiger partial charge is 0.340 e. The molecule has 1 aliphatic heterocycles. The predicted molar refractivity (Wildman–Crippen MR) is 92.4 cm³/mol. The van der Waals surface area contributed by atoms with Gasteiger partial charge in [0.05, 0.1) is 0 Å². The third-order valence-corrected chi connectivity index (χ3v) is 7.43. The van der Waals surface area contributed by atoms with Gasteiger partial charge >= 0.3 is 5.97 Å². The molecule has 1 saturated carbocycles. The molecule has 1 unspecified atom stereocenters. The fourth-order valence-corrected chi connectivity index (χ4v) is 5.40. The van der Waals surface area contributed by atoms with Crippen LogP contribution in [0.1, 0.15) is 42.1 Å². The minimum absolute atomic E-state index is 0.0167. The van der Waals surface area contributed by atoms with Crippen LogP contribution < -0.4 is 0 Å². The van der Waals surface area contributed by atoms with Crippen LogP contribution in [0.15, 0.2) is 9.31 Å².